The Kier molecular flexibility index (Phi) is 5.70. The second-order valence-corrected chi connectivity index (χ2v) is 11.8. The Bertz CT molecular complexity index is 1300. The summed E-state index contributed by atoms with van der Waals surface area (Å²) in [5.41, 5.74) is 6.73. The predicted molar refractivity (Wildman–Crippen MR) is 114 cm³/mol. The van der Waals surface area contributed by atoms with E-state index < -0.39 is 38.4 Å². The third-order valence-electron chi connectivity index (χ3n) is 5.20. The first-order valence-corrected chi connectivity index (χ1v) is 12.4. The fourth-order valence-corrected chi connectivity index (χ4v) is 7.58. The number of thiophene rings is 1. The van der Waals surface area contributed by atoms with Crippen LogP contribution in [0.1, 0.15) is 33.1 Å². The minimum Gasteiger partial charge on any atom is -0.397 e. The van der Waals surface area contributed by atoms with Gasteiger partial charge in [-0.25, -0.2) is 13.4 Å². The highest BCUT2D eigenvalue weighted by atomic mass is 32.2. The minimum atomic E-state index is -4.87. The van der Waals surface area contributed by atoms with Crippen molar-refractivity contribution < 1.29 is 26.7 Å². The van der Waals surface area contributed by atoms with Gasteiger partial charge in [0.25, 0.3) is 10.0 Å². The zero-order valence-corrected chi connectivity index (χ0v) is 19.5. The van der Waals surface area contributed by atoms with Crippen LogP contribution in [0.25, 0.3) is 10.2 Å². The Morgan fingerprint density at radius 1 is 1.22 bits per heavy atom. The average Bonchev–Trinajstić information content (AvgIpc) is 3.22. The molecule has 4 heterocycles. The number of anilines is 1. The van der Waals surface area contributed by atoms with Gasteiger partial charge in [-0.3, -0.25) is 5.32 Å². The van der Waals surface area contributed by atoms with Gasteiger partial charge in [0.05, 0.1) is 21.3 Å². The molecule has 0 amide bonds. The smallest absolute Gasteiger partial charge is 0.397 e. The van der Waals surface area contributed by atoms with E-state index in [4.69, 9.17) is 5.73 Å². The van der Waals surface area contributed by atoms with Crippen molar-refractivity contribution in [2.45, 2.75) is 43.4 Å². The number of nitrogen functional groups attached to an aromatic ring is 1. The van der Waals surface area contributed by atoms with Gasteiger partial charge in [-0.1, -0.05) is 0 Å². The Morgan fingerprint density at radius 3 is 2.50 bits per heavy atom. The molecule has 1 saturated heterocycles. The van der Waals surface area contributed by atoms with Gasteiger partial charge in [0.15, 0.2) is 9.90 Å². The van der Waals surface area contributed by atoms with E-state index in [0.29, 0.717) is 37.8 Å². The van der Waals surface area contributed by atoms with Crippen molar-refractivity contribution in [3.63, 3.8) is 0 Å². The predicted octanol–water partition coefficient (Wildman–Crippen LogP) is 2.33. The molecule has 15 heteroatoms. The number of aliphatic hydroxyl groups excluding tert-OH is 1. The molecule has 1 unspecified atom stereocenters. The van der Waals surface area contributed by atoms with Crippen LogP contribution in [0, 0.1) is 20.8 Å². The van der Waals surface area contributed by atoms with E-state index in [1.165, 1.54) is 18.3 Å². The van der Waals surface area contributed by atoms with Crippen molar-refractivity contribution in [2.75, 3.05) is 18.8 Å². The lowest BCUT2D eigenvalue weighted by Gasteiger charge is -2.39. The number of nitrogens with two attached hydrogens (primary N) is 1. The van der Waals surface area contributed by atoms with Crippen LogP contribution in [-0.2, 0) is 16.2 Å². The van der Waals surface area contributed by atoms with E-state index >= 15 is 0 Å². The first-order valence-electron chi connectivity index (χ1n) is 9.31. The third kappa shape index (κ3) is 3.86. The molecule has 0 bridgehead atoms. The van der Waals surface area contributed by atoms with E-state index in [1.807, 2.05) is 6.92 Å². The molecule has 1 aliphatic heterocycles. The van der Waals surface area contributed by atoms with Crippen molar-refractivity contribution in [3.05, 3.63) is 26.8 Å². The van der Waals surface area contributed by atoms with Gasteiger partial charge in [-0.2, -0.15) is 22.6 Å². The Hall–Kier alpha value is -1.91. The number of halogens is 3. The van der Waals surface area contributed by atoms with Crippen molar-refractivity contribution in [1.82, 2.24) is 24.8 Å². The van der Waals surface area contributed by atoms with Gasteiger partial charge in [-0.15, -0.1) is 27.8 Å². The SMILES string of the molecule is Cc1nc(C(F)(F)F)c(S(=O)(=O)N2CC(NC(O)c3sc4nnc(C)c(C)c4c3N)C2)s1. The van der Waals surface area contributed by atoms with Crippen LogP contribution in [0.15, 0.2) is 4.21 Å². The maximum atomic E-state index is 13.2. The van der Waals surface area contributed by atoms with Gasteiger partial charge in [0, 0.05) is 24.5 Å². The molecule has 1 aliphatic rings. The number of aryl methyl sites for hydroxylation is 3. The molecule has 4 N–H and O–H groups in total. The lowest BCUT2D eigenvalue weighted by atomic mass is 10.1. The lowest BCUT2D eigenvalue weighted by Crippen LogP contribution is -2.60. The maximum Gasteiger partial charge on any atom is 0.435 e. The first kappa shape index (κ1) is 23.3. The molecule has 1 fully saturated rings. The number of hydrogen-bond donors (Lipinski definition) is 3. The summed E-state index contributed by atoms with van der Waals surface area (Å²) in [4.78, 5) is 4.34. The van der Waals surface area contributed by atoms with Gasteiger partial charge in [-0.05, 0) is 26.3 Å². The number of fused-ring (bicyclic) bond motifs is 1. The first-order chi connectivity index (χ1) is 14.8. The number of alkyl halides is 3. The summed E-state index contributed by atoms with van der Waals surface area (Å²) in [6.07, 6.45) is -6.07. The molecule has 174 valence electrons. The molecule has 0 aliphatic carbocycles. The Morgan fingerprint density at radius 2 is 1.88 bits per heavy atom. The monoisotopic (exact) mass is 508 g/mol. The fourth-order valence-electron chi connectivity index (χ4n) is 3.38. The molecule has 3 aromatic rings. The van der Waals surface area contributed by atoms with Crippen molar-refractivity contribution in [2.24, 2.45) is 0 Å². The Balaban J connectivity index is 1.49. The number of hydrogen-bond acceptors (Lipinski definition) is 10. The second-order valence-electron chi connectivity index (χ2n) is 7.43. The lowest BCUT2D eigenvalue weighted by molar-refractivity contribution is -0.143. The minimum absolute atomic E-state index is 0.00962. The molecule has 0 spiro atoms. The highest BCUT2D eigenvalue weighted by Gasteiger charge is 2.46. The fraction of sp³-hybridized carbons (Fsp3) is 0.471. The molecule has 4 rings (SSSR count). The second kappa shape index (κ2) is 7.85. The van der Waals surface area contributed by atoms with E-state index in [0.717, 1.165) is 9.87 Å². The largest absolute Gasteiger partial charge is 0.435 e. The molecule has 0 radical (unpaired) electrons. The zero-order valence-electron chi connectivity index (χ0n) is 17.1. The average molecular weight is 509 g/mol. The molecular weight excluding hydrogens is 489 g/mol. The van der Waals surface area contributed by atoms with Crippen LogP contribution >= 0.6 is 22.7 Å². The van der Waals surface area contributed by atoms with Gasteiger partial charge < -0.3 is 10.8 Å². The Labute approximate surface area is 189 Å². The van der Waals surface area contributed by atoms with E-state index in [1.54, 1.807) is 6.92 Å². The summed E-state index contributed by atoms with van der Waals surface area (Å²) in [7, 11) is -4.36. The summed E-state index contributed by atoms with van der Waals surface area (Å²) in [5.74, 6) is 0. The number of sulfonamides is 1. The van der Waals surface area contributed by atoms with E-state index in [9.17, 15) is 26.7 Å². The van der Waals surface area contributed by atoms with Crippen molar-refractivity contribution >= 4 is 48.6 Å². The summed E-state index contributed by atoms with van der Waals surface area (Å²) in [5, 5.41) is 22.3. The van der Waals surface area contributed by atoms with E-state index in [-0.39, 0.29) is 18.1 Å². The molecule has 1 atom stereocenters. The maximum absolute atomic E-state index is 13.2. The van der Waals surface area contributed by atoms with Crippen LogP contribution in [-0.4, -0.2) is 52.1 Å². The van der Waals surface area contributed by atoms with Crippen LogP contribution in [0.2, 0.25) is 0 Å². The third-order valence-corrected chi connectivity index (χ3v) is 9.63. The zero-order chi connectivity index (χ0) is 23.6. The highest BCUT2D eigenvalue weighted by Crippen LogP contribution is 2.40. The van der Waals surface area contributed by atoms with Crippen LogP contribution in [0.4, 0.5) is 18.9 Å². The molecule has 3 aromatic heterocycles. The highest BCUT2D eigenvalue weighted by molar-refractivity contribution is 7.91. The summed E-state index contributed by atoms with van der Waals surface area (Å²) >= 11 is 1.65. The molecular formula is C17H19F3N6O3S3. The van der Waals surface area contributed by atoms with Gasteiger partial charge in [0.2, 0.25) is 0 Å². The van der Waals surface area contributed by atoms with Crippen molar-refractivity contribution in [3.8, 4) is 0 Å². The summed E-state index contributed by atoms with van der Waals surface area (Å²) in [6.45, 7) is 4.76. The number of nitrogens with zero attached hydrogens (tertiary/aromatic N) is 4. The molecule has 9 nitrogen and oxygen atoms in total. The molecule has 0 aromatic carbocycles. The normalized spacial score (nSPS) is 17.1. The van der Waals surface area contributed by atoms with Crippen LogP contribution in [0.3, 0.4) is 0 Å². The molecule has 0 saturated carbocycles. The topological polar surface area (TPSA) is 134 Å². The van der Waals surface area contributed by atoms with Crippen molar-refractivity contribution in [1.29, 1.82) is 0 Å². The molecule has 32 heavy (non-hydrogen) atoms. The van der Waals surface area contributed by atoms with Gasteiger partial charge >= 0.3 is 6.18 Å². The standard InChI is InChI=1S/C17H19F3N6O3S3/c1-6-7(2)24-25-15-10(6)11(21)12(31-15)14(27)23-9-4-26(5-9)32(28,29)16-13(17(18,19)20)22-8(3)30-16/h9,14,23,27H,4-5,21H2,1-3H3. The number of aliphatic hydroxyl groups is 1. The number of aromatic nitrogens is 3. The summed E-state index contributed by atoms with van der Waals surface area (Å²) < 4.78 is 65.1. The van der Waals surface area contributed by atoms with Crippen LogP contribution in [0.5, 0.6) is 0 Å². The van der Waals surface area contributed by atoms with Gasteiger partial charge in [0.1, 0.15) is 11.1 Å². The number of thiazole rings is 1. The van der Waals surface area contributed by atoms with Crippen LogP contribution < -0.4 is 11.1 Å². The number of rotatable bonds is 5. The number of nitrogens with one attached hydrogen (secondary N) is 1. The summed E-state index contributed by atoms with van der Waals surface area (Å²) in [6, 6.07) is -0.471. The quantitative estimate of drug-likeness (QED) is 0.447. The van der Waals surface area contributed by atoms with E-state index in [2.05, 4.69) is 20.5 Å².